The molecular weight excluding hydrogens is 292 g/mol. The van der Waals surface area contributed by atoms with Crippen LogP contribution in [-0.2, 0) is 6.54 Å². The van der Waals surface area contributed by atoms with E-state index in [4.69, 9.17) is 17.0 Å². The van der Waals surface area contributed by atoms with Crippen LogP contribution in [0.3, 0.4) is 0 Å². The molecule has 112 valence electrons. The van der Waals surface area contributed by atoms with E-state index in [2.05, 4.69) is 47.5 Å². The third-order valence-electron chi connectivity index (χ3n) is 4.50. The minimum Gasteiger partial charge on any atom is -0.468 e. The summed E-state index contributed by atoms with van der Waals surface area (Å²) in [4.78, 5) is 2.16. The number of nitrogens with zero attached hydrogens (tertiary/aromatic N) is 1. The minimum absolute atomic E-state index is 0.231. The van der Waals surface area contributed by atoms with Crippen LogP contribution < -0.4 is 10.1 Å². The molecule has 0 aliphatic carbocycles. The molecule has 0 saturated carbocycles. The molecule has 2 aliphatic rings. The molecule has 22 heavy (non-hydrogen) atoms. The van der Waals surface area contributed by atoms with Crippen LogP contribution in [-0.4, -0.2) is 15.7 Å². The van der Waals surface area contributed by atoms with Gasteiger partial charge in [-0.3, -0.25) is 0 Å². The Morgan fingerprint density at radius 1 is 1.18 bits per heavy atom. The molecule has 0 aromatic heterocycles. The Labute approximate surface area is 135 Å². The monoisotopic (exact) mass is 310 g/mol. The van der Waals surface area contributed by atoms with E-state index < -0.39 is 5.72 Å². The molecule has 1 N–H and O–H groups in total. The minimum atomic E-state index is -0.406. The van der Waals surface area contributed by atoms with Crippen molar-refractivity contribution in [2.75, 3.05) is 0 Å². The average Bonchev–Trinajstić information content (AvgIpc) is 2.52. The number of ether oxygens (including phenoxy) is 1. The molecule has 4 heteroatoms. The first-order valence-electron chi connectivity index (χ1n) is 7.56. The Morgan fingerprint density at radius 3 is 2.73 bits per heavy atom. The molecule has 3 nitrogen and oxygen atoms in total. The molecule has 0 spiro atoms. The Bertz CT molecular complexity index is 718. The van der Waals surface area contributed by atoms with Crippen molar-refractivity contribution in [2.24, 2.45) is 0 Å². The van der Waals surface area contributed by atoms with Crippen LogP contribution in [0.15, 0.2) is 54.6 Å². The molecule has 2 atom stereocenters. The summed E-state index contributed by atoms with van der Waals surface area (Å²) in [6.07, 6.45) is 0.886. The van der Waals surface area contributed by atoms with Crippen molar-refractivity contribution < 1.29 is 4.74 Å². The van der Waals surface area contributed by atoms with E-state index in [-0.39, 0.29) is 6.04 Å². The third kappa shape index (κ3) is 2.15. The van der Waals surface area contributed by atoms with Crippen molar-refractivity contribution in [3.05, 3.63) is 65.7 Å². The van der Waals surface area contributed by atoms with Gasteiger partial charge in [-0.05, 0) is 30.8 Å². The second-order valence-corrected chi connectivity index (χ2v) is 6.48. The summed E-state index contributed by atoms with van der Waals surface area (Å²) in [5.41, 5.74) is 2.02. The Kier molecular flexibility index (Phi) is 3.08. The Hall–Kier alpha value is -2.07. The maximum atomic E-state index is 6.34. The lowest BCUT2D eigenvalue weighted by Gasteiger charge is -2.52. The first-order valence-corrected chi connectivity index (χ1v) is 7.96. The maximum Gasteiger partial charge on any atom is 0.184 e. The molecular formula is C18H18N2OS. The van der Waals surface area contributed by atoms with Crippen molar-refractivity contribution >= 4 is 17.3 Å². The summed E-state index contributed by atoms with van der Waals surface area (Å²) >= 11 is 5.62. The fourth-order valence-corrected chi connectivity index (χ4v) is 3.77. The summed E-state index contributed by atoms with van der Waals surface area (Å²) in [5.74, 6) is 0.953. The van der Waals surface area contributed by atoms with Crippen LogP contribution in [0, 0.1) is 0 Å². The van der Waals surface area contributed by atoms with Gasteiger partial charge in [0.25, 0.3) is 0 Å². The average molecular weight is 310 g/mol. The van der Waals surface area contributed by atoms with Crippen molar-refractivity contribution in [1.29, 1.82) is 0 Å². The predicted molar refractivity (Wildman–Crippen MR) is 90.6 cm³/mol. The normalized spacial score (nSPS) is 26.0. The zero-order chi connectivity index (χ0) is 15.2. The molecule has 0 radical (unpaired) electrons. The fraction of sp³-hybridized carbons (Fsp3) is 0.278. The van der Waals surface area contributed by atoms with Gasteiger partial charge in [-0.2, -0.15) is 0 Å². The molecule has 1 saturated heterocycles. The molecule has 2 heterocycles. The Balaban J connectivity index is 1.69. The summed E-state index contributed by atoms with van der Waals surface area (Å²) < 4.78 is 6.34. The zero-order valence-electron chi connectivity index (χ0n) is 12.5. The van der Waals surface area contributed by atoms with E-state index in [9.17, 15) is 0 Å². The van der Waals surface area contributed by atoms with Gasteiger partial charge in [-0.1, -0.05) is 48.5 Å². The summed E-state index contributed by atoms with van der Waals surface area (Å²) in [6, 6.07) is 18.8. The highest BCUT2D eigenvalue weighted by Gasteiger charge is 2.47. The lowest BCUT2D eigenvalue weighted by Crippen LogP contribution is -2.64. The zero-order valence-corrected chi connectivity index (χ0v) is 13.3. The van der Waals surface area contributed by atoms with Gasteiger partial charge in [0.05, 0.1) is 6.04 Å². The van der Waals surface area contributed by atoms with Crippen molar-refractivity contribution in [2.45, 2.75) is 31.7 Å². The summed E-state index contributed by atoms with van der Waals surface area (Å²) in [7, 11) is 0. The largest absolute Gasteiger partial charge is 0.468 e. The highest BCUT2D eigenvalue weighted by Crippen LogP contribution is 2.44. The van der Waals surface area contributed by atoms with Crippen LogP contribution in [0.4, 0.5) is 0 Å². The highest BCUT2D eigenvalue weighted by molar-refractivity contribution is 7.80. The second-order valence-electron chi connectivity index (χ2n) is 6.09. The number of para-hydroxylation sites is 1. The fourth-order valence-electron chi connectivity index (χ4n) is 3.37. The molecule has 2 bridgehead atoms. The van der Waals surface area contributed by atoms with Crippen molar-refractivity contribution in [3.63, 3.8) is 0 Å². The molecule has 0 amide bonds. The lowest BCUT2D eigenvalue weighted by atomic mass is 9.90. The highest BCUT2D eigenvalue weighted by atomic mass is 32.1. The molecule has 2 aromatic rings. The van der Waals surface area contributed by atoms with Gasteiger partial charge in [-0.15, -0.1) is 0 Å². The van der Waals surface area contributed by atoms with Crippen LogP contribution in [0.5, 0.6) is 5.75 Å². The van der Waals surface area contributed by atoms with Crippen LogP contribution in [0.25, 0.3) is 0 Å². The van der Waals surface area contributed by atoms with E-state index in [0.717, 1.165) is 23.8 Å². The van der Waals surface area contributed by atoms with Gasteiger partial charge in [0.1, 0.15) is 5.75 Å². The van der Waals surface area contributed by atoms with Gasteiger partial charge in [0.2, 0.25) is 0 Å². The van der Waals surface area contributed by atoms with Crippen LogP contribution in [0.1, 0.15) is 30.5 Å². The van der Waals surface area contributed by atoms with Gasteiger partial charge >= 0.3 is 0 Å². The van der Waals surface area contributed by atoms with Gasteiger partial charge in [-0.25, -0.2) is 0 Å². The van der Waals surface area contributed by atoms with Crippen LogP contribution >= 0.6 is 12.2 Å². The quantitative estimate of drug-likeness (QED) is 0.856. The smallest absolute Gasteiger partial charge is 0.184 e. The number of fused-ring (bicyclic) bond motifs is 4. The lowest BCUT2D eigenvalue weighted by molar-refractivity contribution is -0.0722. The molecule has 0 unspecified atom stereocenters. The Morgan fingerprint density at radius 2 is 1.91 bits per heavy atom. The summed E-state index contributed by atoms with van der Waals surface area (Å²) in [5, 5.41) is 4.24. The third-order valence-corrected chi connectivity index (χ3v) is 4.84. The second kappa shape index (κ2) is 4.99. The molecule has 2 aliphatic heterocycles. The number of nitrogens with one attached hydrogen (secondary N) is 1. The standard InChI is InChI=1S/C18H18N2OS/c1-18-11-15(14-9-5-6-10-16(14)21-18)19-17(22)20(18)12-13-7-3-2-4-8-13/h2-10,15H,11-12H2,1H3,(H,19,22)/t15-,18-/m1/s1. The summed E-state index contributed by atoms with van der Waals surface area (Å²) in [6.45, 7) is 2.88. The van der Waals surface area contributed by atoms with Gasteiger partial charge in [0, 0.05) is 18.5 Å². The molecule has 1 fully saturated rings. The number of benzene rings is 2. The van der Waals surface area contributed by atoms with Gasteiger partial charge in [0.15, 0.2) is 10.8 Å². The van der Waals surface area contributed by atoms with E-state index >= 15 is 0 Å². The SMILES string of the molecule is C[C@@]12C[C@@H](NC(=S)N1Cc1ccccc1)c1ccccc1O2. The predicted octanol–water partition coefficient (Wildman–Crippen LogP) is 3.62. The molecule has 4 rings (SSSR count). The number of hydrogen-bond acceptors (Lipinski definition) is 2. The maximum absolute atomic E-state index is 6.34. The van der Waals surface area contributed by atoms with Crippen molar-refractivity contribution in [3.8, 4) is 5.75 Å². The topological polar surface area (TPSA) is 24.5 Å². The number of thiocarbonyl (C=S) groups is 1. The number of hydrogen-bond donors (Lipinski definition) is 1. The first kappa shape index (κ1) is 13.6. The molecule has 2 aromatic carbocycles. The first-order chi connectivity index (χ1) is 10.7. The van der Waals surface area contributed by atoms with Crippen molar-refractivity contribution in [1.82, 2.24) is 10.2 Å². The van der Waals surface area contributed by atoms with E-state index in [1.54, 1.807) is 0 Å². The van der Waals surface area contributed by atoms with E-state index in [1.807, 2.05) is 24.3 Å². The van der Waals surface area contributed by atoms with Crippen LogP contribution in [0.2, 0.25) is 0 Å². The number of rotatable bonds is 2. The van der Waals surface area contributed by atoms with Gasteiger partial charge < -0.3 is 15.0 Å². The van der Waals surface area contributed by atoms with E-state index in [0.29, 0.717) is 0 Å². The van der Waals surface area contributed by atoms with E-state index in [1.165, 1.54) is 11.1 Å².